The predicted octanol–water partition coefficient (Wildman–Crippen LogP) is 10.00. The number of hydrogen-bond donors (Lipinski definition) is 0. The highest BCUT2D eigenvalue weighted by Gasteiger charge is 2.35. The molecule has 0 amide bonds. The van der Waals surface area contributed by atoms with Crippen molar-refractivity contribution in [2.75, 3.05) is 0 Å². The van der Waals surface area contributed by atoms with Gasteiger partial charge in [-0.15, -0.1) is 0 Å². The van der Waals surface area contributed by atoms with Crippen LogP contribution in [0.1, 0.15) is 110 Å². The van der Waals surface area contributed by atoms with E-state index in [-0.39, 0.29) is 23.8 Å². The molecule has 1 aliphatic heterocycles. The molecule has 2 unspecified atom stereocenters. The molecule has 0 aliphatic carbocycles. The van der Waals surface area contributed by atoms with Crippen LogP contribution in [0.2, 0.25) is 0 Å². The fraction of sp³-hybridized carbons (Fsp3) is 0.500. The van der Waals surface area contributed by atoms with Gasteiger partial charge in [0.1, 0.15) is 11.5 Å². The van der Waals surface area contributed by atoms with Crippen LogP contribution in [0.4, 0.5) is 0 Å². The Balaban J connectivity index is 1.86. The minimum atomic E-state index is -0.389. The number of rotatable bonds is 17. The standard InChI is InChI=1S/C36H50N2O2/c1-6-9-12-19-26-36(32-23-16-18-25-34(32)40-30(5)21-14-11-8-3)27-37-35(38-28-36)31-22-15-17-24-33(31)39-29(4)20-13-10-7-2/h7-8,10-11,15-18,22-25,27-30,35H,6,9,12-14,19-21,26H2,1-5H3/b10-7+,11-8+. The summed E-state index contributed by atoms with van der Waals surface area (Å²) in [7, 11) is 0. The van der Waals surface area contributed by atoms with Crippen molar-refractivity contribution in [2.24, 2.45) is 9.98 Å². The predicted molar refractivity (Wildman–Crippen MR) is 171 cm³/mol. The normalized spacial score (nSPS) is 20.3. The molecule has 2 aromatic rings. The molecule has 0 radical (unpaired) electrons. The zero-order valence-corrected chi connectivity index (χ0v) is 25.4. The summed E-state index contributed by atoms with van der Waals surface area (Å²) in [4.78, 5) is 10.1. The molecule has 0 bridgehead atoms. The van der Waals surface area contributed by atoms with Gasteiger partial charge in [0.25, 0.3) is 0 Å². The van der Waals surface area contributed by atoms with Crippen molar-refractivity contribution in [2.45, 2.75) is 116 Å². The van der Waals surface area contributed by atoms with Crippen molar-refractivity contribution < 1.29 is 9.47 Å². The second kappa shape index (κ2) is 16.8. The Morgan fingerprint density at radius 2 is 1.35 bits per heavy atom. The molecule has 3 rings (SSSR count). The second-order valence-electron chi connectivity index (χ2n) is 11.0. The fourth-order valence-electron chi connectivity index (χ4n) is 5.19. The molecule has 0 saturated carbocycles. The summed E-state index contributed by atoms with van der Waals surface area (Å²) in [6.07, 6.45) is 22.5. The number of benzene rings is 2. The molecule has 4 nitrogen and oxygen atoms in total. The number of allylic oxidation sites excluding steroid dienone is 4. The Bertz CT molecular complexity index is 1120. The van der Waals surface area contributed by atoms with E-state index in [4.69, 9.17) is 19.5 Å². The third-order valence-corrected chi connectivity index (χ3v) is 7.53. The van der Waals surface area contributed by atoms with E-state index in [1.54, 1.807) is 0 Å². The van der Waals surface area contributed by atoms with Gasteiger partial charge in [0.15, 0.2) is 6.17 Å². The summed E-state index contributed by atoms with van der Waals surface area (Å²) in [6, 6.07) is 16.7. The maximum atomic E-state index is 6.53. The molecule has 0 saturated heterocycles. The first-order valence-corrected chi connectivity index (χ1v) is 15.4. The minimum Gasteiger partial charge on any atom is -0.490 e. The summed E-state index contributed by atoms with van der Waals surface area (Å²) in [6.45, 7) is 10.7. The van der Waals surface area contributed by atoms with Crippen LogP contribution in [0, 0.1) is 0 Å². The molecule has 216 valence electrons. The zero-order chi connectivity index (χ0) is 28.6. The third kappa shape index (κ3) is 9.21. The number of aliphatic imine (C=N–C) groups is 2. The summed E-state index contributed by atoms with van der Waals surface area (Å²) in [5.41, 5.74) is 1.77. The first kappa shape index (κ1) is 31.4. The van der Waals surface area contributed by atoms with Gasteiger partial charge in [-0.25, -0.2) is 0 Å². The van der Waals surface area contributed by atoms with Gasteiger partial charge in [-0.1, -0.05) is 93.3 Å². The number of nitrogens with zero attached hydrogens (tertiary/aromatic N) is 2. The molecule has 1 aliphatic rings. The Kier molecular flexibility index (Phi) is 13.2. The van der Waals surface area contributed by atoms with Gasteiger partial charge in [0.2, 0.25) is 0 Å². The van der Waals surface area contributed by atoms with Crippen LogP contribution in [0.3, 0.4) is 0 Å². The van der Waals surface area contributed by atoms with Crippen molar-refractivity contribution >= 4 is 12.4 Å². The smallest absolute Gasteiger partial charge is 0.167 e. The van der Waals surface area contributed by atoms with Crippen molar-refractivity contribution in [3.8, 4) is 11.5 Å². The quantitative estimate of drug-likeness (QED) is 0.147. The van der Waals surface area contributed by atoms with Crippen LogP contribution in [0.15, 0.2) is 82.8 Å². The Hall–Kier alpha value is -3.14. The van der Waals surface area contributed by atoms with E-state index in [2.05, 4.69) is 102 Å². The van der Waals surface area contributed by atoms with Crippen LogP contribution in [0.25, 0.3) is 0 Å². The average Bonchev–Trinajstić information content (AvgIpc) is 2.97. The van der Waals surface area contributed by atoms with Gasteiger partial charge in [-0.05, 0) is 71.9 Å². The molecule has 4 heteroatoms. The maximum absolute atomic E-state index is 6.53. The van der Waals surface area contributed by atoms with Crippen LogP contribution < -0.4 is 9.47 Å². The van der Waals surface area contributed by atoms with E-state index >= 15 is 0 Å². The molecular weight excluding hydrogens is 492 g/mol. The SMILES string of the molecule is C/C=C/CCC(C)Oc1ccccc1C1N=CC(CCCCCC)(c2ccccc2OC(C)CC/C=C/C)C=N1. The summed E-state index contributed by atoms with van der Waals surface area (Å²) >= 11 is 0. The zero-order valence-electron chi connectivity index (χ0n) is 25.4. The minimum absolute atomic E-state index is 0.116. The van der Waals surface area contributed by atoms with E-state index in [9.17, 15) is 0 Å². The molecule has 0 spiro atoms. The highest BCUT2D eigenvalue weighted by molar-refractivity contribution is 5.98. The van der Waals surface area contributed by atoms with Gasteiger partial charge in [-0.3, -0.25) is 9.98 Å². The van der Waals surface area contributed by atoms with Crippen LogP contribution in [0.5, 0.6) is 11.5 Å². The third-order valence-electron chi connectivity index (χ3n) is 7.53. The topological polar surface area (TPSA) is 43.2 Å². The van der Waals surface area contributed by atoms with Gasteiger partial charge < -0.3 is 9.47 Å². The molecule has 0 N–H and O–H groups in total. The summed E-state index contributed by atoms with van der Waals surface area (Å²) in [5, 5.41) is 0. The van der Waals surface area contributed by atoms with Crippen LogP contribution in [-0.2, 0) is 5.41 Å². The lowest BCUT2D eigenvalue weighted by molar-refractivity contribution is 0.208. The largest absolute Gasteiger partial charge is 0.490 e. The summed E-state index contributed by atoms with van der Waals surface area (Å²) < 4.78 is 12.9. The highest BCUT2D eigenvalue weighted by atomic mass is 16.5. The number of ether oxygens (including phenoxy) is 2. The number of para-hydroxylation sites is 2. The lowest BCUT2D eigenvalue weighted by Crippen LogP contribution is -2.34. The lowest BCUT2D eigenvalue weighted by Gasteiger charge is -2.32. The van der Waals surface area contributed by atoms with Gasteiger partial charge in [0.05, 0.1) is 17.6 Å². The molecular formula is C36H50N2O2. The number of unbranched alkanes of at least 4 members (excludes halogenated alkanes) is 3. The van der Waals surface area contributed by atoms with Gasteiger partial charge in [0, 0.05) is 23.6 Å². The van der Waals surface area contributed by atoms with Crippen molar-refractivity contribution in [1.29, 1.82) is 0 Å². The maximum Gasteiger partial charge on any atom is 0.167 e. The van der Waals surface area contributed by atoms with E-state index in [0.29, 0.717) is 0 Å². The first-order valence-electron chi connectivity index (χ1n) is 15.4. The van der Waals surface area contributed by atoms with Gasteiger partial charge in [-0.2, -0.15) is 0 Å². The Morgan fingerprint density at radius 1 is 0.775 bits per heavy atom. The molecule has 0 aromatic heterocycles. The monoisotopic (exact) mass is 542 g/mol. The van der Waals surface area contributed by atoms with Crippen LogP contribution in [-0.4, -0.2) is 24.6 Å². The first-order chi connectivity index (χ1) is 19.5. The van der Waals surface area contributed by atoms with E-state index in [1.807, 2.05) is 18.2 Å². The second-order valence-corrected chi connectivity index (χ2v) is 11.0. The molecule has 40 heavy (non-hydrogen) atoms. The summed E-state index contributed by atoms with van der Waals surface area (Å²) in [5.74, 6) is 1.80. The van der Waals surface area contributed by atoms with E-state index < -0.39 is 0 Å². The molecule has 2 aromatic carbocycles. The lowest BCUT2D eigenvalue weighted by atomic mass is 9.77. The molecule has 2 atom stereocenters. The van der Waals surface area contributed by atoms with Gasteiger partial charge >= 0.3 is 0 Å². The Morgan fingerprint density at radius 3 is 1.98 bits per heavy atom. The van der Waals surface area contributed by atoms with E-state index in [1.165, 1.54) is 19.3 Å². The fourth-order valence-corrected chi connectivity index (χ4v) is 5.19. The molecule has 0 fully saturated rings. The van der Waals surface area contributed by atoms with Crippen molar-refractivity contribution in [3.63, 3.8) is 0 Å². The van der Waals surface area contributed by atoms with Crippen LogP contribution >= 0.6 is 0 Å². The van der Waals surface area contributed by atoms with Crippen molar-refractivity contribution in [3.05, 3.63) is 84.0 Å². The molecule has 1 heterocycles. The average molecular weight is 543 g/mol. The van der Waals surface area contributed by atoms with E-state index in [0.717, 1.165) is 61.2 Å². The van der Waals surface area contributed by atoms with Crippen molar-refractivity contribution in [1.82, 2.24) is 0 Å². The number of hydrogen-bond acceptors (Lipinski definition) is 4. The highest BCUT2D eigenvalue weighted by Crippen LogP contribution is 2.39. The Labute approximate surface area is 243 Å².